The Morgan fingerprint density at radius 3 is 1.41 bits per heavy atom. The summed E-state index contributed by atoms with van der Waals surface area (Å²) >= 11 is 0. The molecule has 0 spiro atoms. The van der Waals surface area contributed by atoms with E-state index in [9.17, 15) is 18.1 Å². The summed E-state index contributed by atoms with van der Waals surface area (Å²) in [5, 5.41) is 8.78. The number of aliphatic hydroxyl groups is 1. The van der Waals surface area contributed by atoms with Crippen molar-refractivity contribution in [2.75, 3.05) is 0 Å². The molecule has 1 N–H and O–H groups in total. The fourth-order valence-electron chi connectivity index (χ4n) is 3.78. The van der Waals surface area contributed by atoms with E-state index in [0.717, 1.165) is 19.3 Å². The molecule has 0 heterocycles. The molecule has 2 unspecified atom stereocenters. The average Bonchev–Trinajstić information content (AvgIpc) is 2.65. The zero-order valence-corrected chi connectivity index (χ0v) is 23.6. The molecule has 170 valence electrons. The van der Waals surface area contributed by atoms with E-state index in [0.29, 0.717) is 32.1 Å². The van der Waals surface area contributed by atoms with Crippen LogP contribution in [0.2, 0.25) is 0 Å². The van der Waals surface area contributed by atoms with Gasteiger partial charge in [-0.05, 0) is 32.1 Å². The molecule has 0 aliphatic heterocycles. The number of hydrogen-bond donors (Lipinski definition) is 1. The summed E-state index contributed by atoms with van der Waals surface area (Å²) < 4.78 is 34.3. The van der Waals surface area contributed by atoms with Crippen molar-refractivity contribution in [2.24, 2.45) is 0 Å². The Labute approximate surface area is 224 Å². The van der Waals surface area contributed by atoms with Gasteiger partial charge in [-0.2, -0.15) is 0 Å². The first-order valence-corrected chi connectivity index (χ1v) is 13.5. The molecule has 6 heteroatoms. The number of unbranched alkanes of at least 4 members (excludes halogenated alkanes) is 13. The minimum atomic E-state index is -4.22. The van der Waals surface area contributed by atoms with E-state index < -0.39 is 15.4 Å². The molecule has 0 saturated carbocycles. The molecule has 4 nitrogen and oxygen atoms in total. The maximum Gasteiger partial charge on any atom is 1.00 e. The van der Waals surface area contributed by atoms with Gasteiger partial charge in [0.1, 0.15) is 0 Å². The Morgan fingerprint density at radius 1 is 0.655 bits per heavy atom. The summed E-state index contributed by atoms with van der Waals surface area (Å²) in [5.41, 5.74) is 0. The smallest absolute Gasteiger partial charge is 0.748 e. The minimum Gasteiger partial charge on any atom is -0.748 e. The topological polar surface area (TPSA) is 77.4 Å². The quantitative estimate of drug-likeness (QED) is 0.162. The Kier molecular flexibility index (Phi) is 25.6. The van der Waals surface area contributed by atoms with Gasteiger partial charge in [-0.15, -0.1) is 0 Å². The maximum absolute atomic E-state index is 11.4. The molecule has 29 heavy (non-hydrogen) atoms. The predicted molar refractivity (Wildman–Crippen MR) is 119 cm³/mol. The molecule has 0 aromatic rings. The molecule has 0 aliphatic carbocycles. The van der Waals surface area contributed by atoms with Crippen LogP contribution in [-0.2, 0) is 10.1 Å². The van der Waals surface area contributed by atoms with Crippen LogP contribution >= 0.6 is 0 Å². The summed E-state index contributed by atoms with van der Waals surface area (Å²) in [5.74, 6) is 0. The van der Waals surface area contributed by atoms with Crippen molar-refractivity contribution in [2.45, 2.75) is 147 Å². The zero-order valence-electron chi connectivity index (χ0n) is 19.7. The van der Waals surface area contributed by atoms with Crippen LogP contribution in [0.1, 0.15) is 136 Å². The fraction of sp³-hybridized carbons (Fsp3) is 1.00. The van der Waals surface area contributed by atoms with Crippen LogP contribution in [0.4, 0.5) is 0 Å². The third kappa shape index (κ3) is 22.5. The largest absolute Gasteiger partial charge is 1.00 e. The summed E-state index contributed by atoms with van der Waals surface area (Å²) in [6.45, 7) is 4.16. The normalized spacial score (nSPS) is 13.8. The van der Waals surface area contributed by atoms with Gasteiger partial charge in [0.2, 0.25) is 0 Å². The Bertz CT molecular complexity index is 429. The van der Waals surface area contributed by atoms with E-state index in [4.69, 9.17) is 0 Å². The second-order valence-corrected chi connectivity index (χ2v) is 10.1. The second-order valence-electron chi connectivity index (χ2n) is 8.49. The third-order valence-electron chi connectivity index (χ3n) is 5.82. The Hall–Kier alpha value is 1.51. The monoisotopic (exact) mass is 458 g/mol. The zero-order chi connectivity index (χ0) is 21.1. The van der Waals surface area contributed by atoms with Gasteiger partial charge in [0.25, 0.3) is 0 Å². The number of hydrogen-bond acceptors (Lipinski definition) is 4. The first kappa shape index (κ1) is 32.7. The minimum absolute atomic E-state index is 0. The van der Waals surface area contributed by atoms with Crippen LogP contribution in [0.15, 0.2) is 0 Å². The third-order valence-corrected chi connectivity index (χ3v) is 7.11. The first-order valence-electron chi connectivity index (χ1n) is 12.0. The van der Waals surface area contributed by atoms with E-state index in [1.807, 2.05) is 6.92 Å². The van der Waals surface area contributed by atoms with Crippen molar-refractivity contribution < 1.29 is 69.5 Å². The van der Waals surface area contributed by atoms with Crippen LogP contribution in [0, 0.1) is 0 Å². The summed E-state index contributed by atoms with van der Waals surface area (Å²) in [7, 11) is -4.22. The van der Waals surface area contributed by atoms with Gasteiger partial charge in [-0.1, -0.05) is 104 Å². The molecule has 0 aliphatic rings. The van der Waals surface area contributed by atoms with Gasteiger partial charge in [0.15, 0.2) is 0 Å². The van der Waals surface area contributed by atoms with Crippen molar-refractivity contribution in [3.8, 4) is 0 Å². The first-order chi connectivity index (χ1) is 13.4. The molecule has 0 aromatic carbocycles. The van der Waals surface area contributed by atoms with Gasteiger partial charge in [-0.25, -0.2) is 8.42 Å². The molecule has 0 rings (SSSR count). The van der Waals surface area contributed by atoms with Crippen molar-refractivity contribution in [3.05, 3.63) is 0 Å². The Morgan fingerprint density at radius 2 is 1.03 bits per heavy atom. The molecule has 0 aromatic heterocycles. The second kappa shape index (κ2) is 22.7. The molecule has 0 radical (unpaired) electrons. The average molecular weight is 459 g/mol. The van der Waals surface area contributed by atoms with Gasteiger partial charge in [0.05, 0.1) is 16.2 Å². The van der Waals surface area contributed by atoms with Crippen molar-refractivity contribution >= 4 is 10.1 Å². The van der Waals surface area contributed by atoms with E-state index in [2.05, 4.69) is 6.92 Å². The van der Waals surface area contributed by atoms with Crippen molar-refractivity contribution in [1.29, 1.82) is 0 Å². The van der Waals surface area contributed by atoms with Gasteiger partial charge >= 0.3 is 51.4 Å². The molecular formula is C23H47KO4S. The standard InChI is InChI=1S/C23H48O4S.K/c1-3-5-6-7-8-9-10-11-12-13-14-15-16-17-20-23(28(25,26)27)21-18-19-22(24)4-2;/h22-24H,3-21H2,1-2H3,(H,25,26,27);/q;+1/p-1. The van der Waals surface area contributed by atoms with Crippen LogP contribution < -0.4 is 51.4 Å². The molecule has 0 bridgehead atoms. The predicted octanol–water partition coefficient (Wildman–Crippen LogP) is 3.72. The van der Waals surface area contributed by atoms with Crippen LogP contribution in [0.5, 0.6) is 0 Å². The number of rotatable bonds is 21. The molecule has 0 fully saturated rings. The molecule has 0 saturated heterocycles. The molecular weight excluding hydrogens is 411 g/mol. The van der Waals surface area contributed by atoms with E-state index in [1.54, 1.807) is 0 Å². The van der Waals surface area contributed by atoms with Gasteiger partial charge < -0.3 is 9.66 Å². The van der Waals surface area contributed by atoms with Gasteiger partial charge in [0, 0.05) is 5.25 Å². The van der Waals surface area contributed by atoms with Crippen LogP contribution in [0.3, 0.4) is 0 Å². The maximum atomic E-state index is 11.4. The van der Waals surface area contributed by atoms with Crippen molar-refractivity contribution in [1.82, 2.24) is 0 Å². The van der Waals surface area contributed by atoms with E-state index in [-0.39, 0.29) is 57.5 Å². The Balaban J connectivity index is 0. The van der Waals surface area contributed by atoms with E-state index in [1.165, 1.54) is 70.6 Å². The molecule has 2 atom stereocenters. The van der Waals surface area contributed by atoms with Crippen LogP contribution in [0.25, 0.3) is 0 Å². The summed E-state index contributed by atoms with van der Waals surface area (Å²) in [6.07, 6.45) is 20.1. The van der Waals surface area contributed by atoms with E-state index >= 15 is 0 Å². The number of aliphatic hydroxyl groups excluding tert-OH is 1. The van der Waals surface area contributed by atoms with Crippen molar-refractivity contribution in [3.63, 3.8) is 0 Å². The summed E-state index contributed by atoms with van der Waals surface area (Å²) in [4.78, 5) is 0. The van der Waals surface area contributed by atoms with Gasteiger partial charge in [-0.3, -0.25) is 0 Å². The van der Waals surface area contributed by atoms with Crippen LogP contribution in [-0.4, -0.2) is 29.4 Å². The summed E-state index contributed by atoms with van der Waals surface area (Å²) in [6, 6.07) is 0. The fourth-order valence-corrected chi connectivity index (χ4v) is 4.70. The molecule has 0 amide bonds. The SMILES string of the molecule is CCCCCCCCCCCCCCCCC(CCCC(O)CC)S(=O)(=O)[O-].[K+].